The Hall–Kier alpha value is -1.95. The fourth-order valence-corrected chi connectivity index (χ4v) is 3.23. The summed E-state index contributed by atoms with van der Waals surface area (Å²) >= 11 is 11.9. The zero-order chi connectivity index (χ0) is 18.5. The molecule has 5 nitrogen and oxygen atoms in total. The minimum absolute atomic E-state index is 0.142. The highest BCUT2D eigenvalue weighted by Gasteiger charge is 2.22. The molecule has 1 aliphatic heterocycles. The van der Waals surface area contributed by atoms with Crippen molar-refractivity contribution in [2.75, 3.05) is 38.6 Å². The van der Waals surface area contributed by atoms with Crippen LogP contribution in [0.2, 0.25) is 10.0 Å². The van der Waals surface area contributed by atoms with E-state index < -0.39 is 0 Å². The molecule has 1 fully saturated rings. The number of hydrogen-bond donors (Lipinski definition) is 1. The number of methoxy groups -OCH3 is 1. The summed E-state index contributed by atoms with van der Waals surface area (Å²) < 4.78 is 5.27. The van der Waals surface area contributed by atoms with Crippen LogP contribution in [0.15, 0.2) is 42.5 Å². The minimum Gasteiger partial charge on any atom is -0.495 e. The third-order valence-electron chi connectivity index (χ3n) is 4.38. The van der Waals surface area contributed by atoms with E-state index in [1.54, 1.807) is 30.2 Å². The average Bonchev–Trinajstić information content (AvgIpc) is 2.64. The molecule has 1 heterocycles. The van der Waals surface area contributed by atoms with Gasteiger partial charge in [0.25, 0.3) is 0 Å². The predicted octanol–water partition coefficient (Wildman–Crippen LogP) is 4.35. The van der Waals surface area contributed by atoms with Crippen LogP contribution in [-0.2, 0) is 6.54 Å². The normalized spacial score (nSPS) is 15.0. The van der Waals surface area contributed by atoms with Gasteiger partial charge in [0, 0.05) is 42.8 Å². The average molecular weight is 394 g/mol. The molecule has 2 amide bonds. The lowest BCUT2D eigenvalue weighted by atomic mass is 10.2. The second-order valence-corrected chi connectivity index (χ2v) is 7.04. The molecule has 0 saturated carbocycles. The number of ether oxygens (including phenoxy) is 1. The maximum atomic E-state index is 12.5. The number of urea groups is 1. The molecule has 0 atom stereocenters. The van der Waals surface area contributed by atoms with Gasteiger partial charge in [-0.1, -0.05) is 35.3 Å². The van der Waals surface area contributed by atoms with Crippen molar-refractivity contribution in [1.82, 2.24) is 9.80 Å². The zero-order valence-corrected chi connectivity index (χ0v) is 16.1. The SMILES string of the molecule is COc1ccc(Cl)cc1NC(=O)N1CCN(Cc2ccc(Cl)cc2)CC1. The van der Waals surface area contributed by atoms with Crippen LogP contribution in [-0.4, -0.2) is 49.1 Å². The van der Waals surface area contributed by atoms with Gasteiger partial charge in [-0.2, -0.15) is 0 Å². The van der Waals surface area contributed by atoms with Crippen molar-refractivity contribution in [3.05, 3.63) is 58.1 Å². The highest BCUT2D eigenvalue weighted by atomic mass is 35.5. The van der Waals surface area contributed by atoms with Gasteiger partial charge in [0.05, 0.1) is 12.8 Å². The molecule has 0 unspecified atom stereocenters. The summed E-state index contributed by atoms with van der Waals surface area (Å²) in [5, 5.41) is 4.18. The van der Waals surface area contributed by atoms with Crippen molar-refractivity contribution >= 4 is 34.9 Å². The first-order chi connectivity index (χ1) is 12.5. The number of anilines is 1. The van der Waals surface area contributed by atoms with Gasteiger partial charge in [-0.3, -0.25) is 4.90 Å². The Morgan fingerprint density at radius 1 is 1.04 bits per heavy atom. The Kier molecular flexibility index (Phi) is 6.25. The topological polar surface area (TPSA) is 44.8 Å². The molecular weight excluding hydrogens is 373 g/mol. The van der Waals surface area contributed by atoms with E-state index in [1.807, 2.05) is 24.3 Å². The number of piperazine rings is 1. The van der Waals surface area contributed by atoms with Crippen molar-refractivity contribution < 1.29 is 9.53 Å². The van der Waals surface area contributed by atoms with Crippen molar-refractivity contribution in [1.29, 1.82) is 0 Å². The Morgan fingerprint density at radius 2 is 1.69 bits per heavy atom. The van der Waals surface area contributed by atoms with E-state index in [0.717, 1.165) is 24.7 Å². The van der Waals surface area contributed by atoms with Crippen LogP contribution in [0.3, 0.4) is 0 Å². The first-order valence-electron chi connectivity index (χ1n) is 8.41. The van der Waals surface area contributed by atoms with Crippen LogP contribution in [0.4, 0.5) is 10.5 Å². The molecule has 0 spiro atoms. The molecule has 1 aliphatic rings. The molecule has 1 saturated heterocycles. The van der Waals surface area contributed by atoms with Crippen LogP contribution >= 0.6 is 23.2 Å². The summed E-state index contributed by atoms with van der Waals surface area (Å²) in [5.41, 5.74) is 1.80. The van der Waals surface area contributed by atoms with E-state index in [2.05, 4.69) is 10.2 Å². The summed E-state index contributed by atoms with van der Waals surface area (Å²) in [6, 6.07) is 12.9. The van der Waals surface area contributed by atoms with Gasteiger partial charge in [-0.05, 0) is 35.9 Å². The molecule has 0 aromatic heterocycles. The summed E-state index contributed by atoms with van der Waals surface area (Å²) in [7, 11) is 1.56. The third kappa shape index (κ3) is 4.81. The molecule has 0 bridgehead atoms. The number of carbonyl (C=O) groups excluding carboxylic acids is 1. The number of nitrogens with one attached hydrogen (secondary N) is 1. The fourth-order valence-electron chi connectivity index (χ4n) is 2.93. The highest BCUT2D eigenvalue weighted by Crippen LogP contribution is 2.28. The van der Waals surface area contributed by atoms with Crippen LogP contribution in [0.5, 0.6) is 5.75 Å². The summed E-state index contributed by atoms with van der Waals surface area (Å²) in [4.78, 5) is 16.7. The van der Waals surface area contributed by atoms with Gasteiger partial charge in [-0.25, -0.2) is 4.79 Å². The Bertz CT molecular complexity index is 760. The molecule has 26 heavy (non-hydrogen) atoms. The largest absolute Gasteiger partial charge is 0.495 e. The Labute approximate surface area is 163 Å². The first kappa shape index (κ1) is 18.8. The smallest absolute Gasteiger partial charge is 0.322 e. The number of halogens is 2. The maximum Gasteiger partial charge on any atom is 0.322 e. The lowest BCUT2D eigenvalue weighted by Gasteiger charge is -2.34. The zero-order valence-electron chi connectivity index (χ0n) is 14.5. The van der Waals surface area contributed by atoms with Crippen LogP contribution < -0.4 is 10.1 Å². The molecule has 3 rings (SSSR count). The highest BCUT2D eigenvalue weighted by molar-refractivity contribution is 6.31. The minimum atomic E-state index is -0.142. The van der Waals surface area contributed by atoms with Crippen molar-refractivity contribution in [3.63, 3.8) is 0 Å². The number of nitrogens with zero attached hydrogens (tertiary/aromatic N) is 2. The van der Waals surface area contributed by atoms with E-state index >= 15 is 0 Å². The number of rotatable bonds is 4. The van der Waals surface area contributed by atoms with Gasteiger partial charge in [-0.15, -0.1) is 0 Å². The number of benzene rings is 2. The van der Waals surface area contributed by atoms with E-state index in [4.69, 9.17) is 27.9 Å². The van der Waals surface area contributed by atoms with Crippen LogP contribution in [0.1, 0.15) is 5.56 Å². The van der Waals surface area contributed by atoms with Gasteiger partial charge < -0.3 is 15.0 Å². The number of hydrogen-bond acceptors (Lipinski definition) is 3. The molecule has 0 aliphatic carbocycles. The number of carbonyl (C=O) groups is 1. The molecule has 2 aromatic carbocycles. The van der Waals surface area contributed by atoms with Crippen molar-refractivity contribution in [2.24, 2.45) is 0 Å². The summed E-state index contributed by atoms with van der Waals surface area (Å²) in [6.45, 7) is 3.84. The van der Waals surface area contributed by atoms with Gasteiger partial charge >= 0.3 is 6.03 Å². The third-order valence-corrected chi connectivity index (χ3v) is 4.87. The van der Waals surface area contributed by atoms with Gasteiger partial charge in [0.1, 0.15) is 5.75 Å². The van der Waals surface area contributed by atoms with Gasteiger partial charge in [0.2, 0.25) is 0 Å². The molecule has 138 valence electrons. The molecular formula is C19H21Cl2N3O2. The van der Waals surface area contributed by atoms with E-state index in [-0.39, 0.29) is 6.03 Å². The standard InChI is InChI=1S/C19H21Cl2N3O2/c1-26-18-7-6-16(21)12-17(18)22-19(25)24-10-8-23(9-11-24)13-14-2-4-15(20)5-3-14/h2-7,12H,8-11,13H2,1H3,(H,22,25). The van der Waals surface area contributed by atoms with Crippen molar-refractivity contribution in [3.8, 4) is 5.75 Å². The summed E-state index contributed by atoms with van der Waals surface area (Å²) in [5.74, 6) is 0.587. The van der Waals surface area contributed by atoms with Gasteiger partial charge in [0.15, 0.2) is 0 Å². The molecule has 2 aromatic rings. The van der Waals surface area contributed by atoms with E-state index in [9.17, 15) is 4.79 Å². The van der Waals surface area contributed by atoms with E-state index in [0.29, 0.717) is 29.5 Å². The van der Waals surface area contributed by atoms with Crippen molar-refractivity contribution in [2.45, 2.75) is 6.54 Å². The summed E-state index contributed by atoms with van der Waals surface area (Å²) in [6.07, 6.45) is 0. The number of amides is 2. The quantitative estimate of drug-likeness (QED) is 0.839. The monoisotopic (exact) mass is 393 g/mol. The second kappa shape index (κ2) is 8.62. The second-order valence-electron chi connectivity index (χ2n) is 6.16. The molecule has 7 heteroatoms. The predicted molar refractivity (Wildman–Crippen MR) is 105 cm³/mol. The van der Waals surface area contributed by atoms with Crippen LogP contribution in [0, 0.1) is 0 Å². The molecule has 1 N–H and O–H groups in total. The Morgan fingerprint density at radius 3 is 2.35 bits per heavy atom. The Balaban J connectivity index is 1.53. The first-order valence-corrected chi connectivity index (χ1v) is 9.17. The maximum absolute atomic E-state index is 12.5. The van der Waals surface area contributed by atoms with Crippen LogP contribution in [0.25, 0.3) is 0 Å². The molecule has 0 radical (unpaired) electrons. The fraction of sp³-hybridized carbons (Fsp3) is 0.316. The van der Waals surface area contributed by atoms with E-state index in [1.165, 1.54) is 5.56 Å². The lowest BCUT2D eigenvalue weighted by molar-refractivity contribution is 0.143. The lowest BCUT2D eigenvalue weighted by Crippen LogP contribution is -2.49.